The van der Waals surface area contributed by atoms with Gasteiger partial charge < -0.3 is 10.1 Å². The molecule has 106 valence electrons. The van der Waals surface area contributed by atoms with Crippen molar-refractivity contribution in [3.05, 3.63) is 57.8 Å². The monoisotopic (exact) mass is 284 g/mol. The van der Waals surface area contributed by atoms with Gasteiger partial charge in [-0.1, -0.05) is 6.07 Å². The minimum Gasteiger partial charge on any atom is -0.481 e. The van der Waals surface area contributed by atoms with E-state index < -0.39 is 4.92 Å². The standard InChI is InChI=1S/C14H12N4O3/c1-21-14-11(3-2-6-16-14)9-17-12-7-10(8-15)4-5-13(12)18(19)20/h2-7,17H,9H2,1H3. The summed E-state index contributed by atoms with van der Waals surface area (Å²) >= 11 is 0. The van der Waals surface area contributed by atoms with E-state index in [1.807, 2.05) is 6.07 Å². The first-order valence-electron chi connectivity index (χ1n) is 6.06. The zero-order chi connectivity index (χ0) is 15.2. The van der Waals surface area contributed by atoms with Crippen LogP contribution in [-0.2, 0) is 6.54 Å². The maximum Gasteiger partial charge on any atom is 0.292 e. The molecule has 0 radical (unpaired) electrons. The highest BCUT2D eigenvalue weighted by atomic mass is 16.6. The molecular formula is C14H12N4O3. The van der Waals surface area contributed by atoms with E-state index in [4.69, 9.17) is 10.00 Å². The summed E-state index contributed by atoms with van der Waals surface area (Å²) in [6.45, 7) is 0.298. The van der Waals surface area contributed by atoms with Gasteiger partial charge in [-0.2, -0.15) is 5.26 Å². The summed E-state index contributed by atoms with van der Waals surface area (Å²) in [6, 6.07) is 9.67. The Labute approximate surface area is 121 Å². The molecule has 7 nitrogen and oxygen atoms in total. The molecule has 0 fully saturated rings. The molecule has 21 heavy (non-hydrogen) atoms. The molecular weight excluding hydrogens is 272 g/mol. The van der Waals surface area contributed by atoms with E-state index in [0.29, 0.717) is 18.0 Å². The highest BCUT2D eigenvalue weighted by Crippen LogP contribution is 2.26. The van der Waals surface area contributed by atoms with Crippen molar-refractivity contribution in [2.45, 2.75) is 6.54 Å². The predicted molar refractivity (Wildman–Crippen MR) is 75.9 cm³/mol. The Balaban J connectivity index is 2.27. The van der Waals surface area contributed by atoms with E-state index >= 15 is 0 Å². The van der Waals surface area contributed by atoms with Crippen LogP contribution in [0.5, 0.6) is 5.88 Å². The summed E-state index contributed by atoms with van der Waals surface area (Å²) in [5.74, 6) is 0.448. The van der Waals surface area contributed by atoms with Crippen LogP contribution in [-0.4, -0.2) is 17.0 Å². The van der Waals surface area contributed by atoms with E-state index in [2.05, 4.69) is 10.3 Å². The average Bonchev–Trinajstić information content (AvgIpc) is 2.52. The third kappa shape index (κ3) is 3.25. The average molecular weight is 284 g/mol. The van der Waals surface area contributed by atoms with Gasteiger partial charge in [0.15, 0.2) is 0 Å². The van der Waals surface area contributed by atoms with Crippen LogP contribution >= 0.6 is 0 Å². The predicted octanol–water partition coefficient (Wildman–Crippen LogP) is 2.48. The number of nitro benzene ring substituents is 1. The van der Waals surface area contributed by atoms with Gasteiger partial charge in [0.05, 0.1) is 23.7 Å². The Hall–Kier alpha value is -3.14. The van der Waals surface area contributed by atoms with E-state index in [0.717, 1.165) is 5.56 Å². The van der Waals surface area contributed by atoms with Gasteiger partial charge in [-0.05, 0) is 18.2 Å². The van der Waals surface area contributed by atoms with Crippen LogP contribution in [0.15, 0.2) is 36.5 Å². The van der Waals surface area contributed by atoms with Crippen molar-refractivity contribution in [2.75, 3.05) is 12.4 Å². The smallest absolute Gasteiger partial charge is 0.292 e. The number of anilines is 1. The number of aromatic nitrogens is 1. The number of ether oxygens (including phenoxy) is 1. The summed E-state index contributed by atoms with van der Waals surface area (Å²) in [6.07, 6.45) is 1.60. The van der Waals surface area contributed by atoms with Gasteiger partial charge in [-0.15, -0.1) is 0 Å². The SMILES string of the molecule is COc1ncccc1CNc1cc(C#N)ccc1[N+](=O)[O-]. The lowest BCUT2D eigenvalue weighted by Gasteiger charge is -2.10. The molecule has 2 rings (SSSR count). The molecule has 0 spiro atoms. The molecule has 0 aliphatic carbocycles. The molecule has 0 unspecified atom stereocenters. The number of rotatable bonds is 5. The number of nitrogens with one attached hydrogen (secondary N) is 1. The number of pyridine rings is 1. The molecule has 1 aromatic carbocycles. The Morgan fingerprint density at radius 1 is 1.48 bits per heavy atom. The molecule has 0 aliphatic rings. The van der Waals surface area contributed by atoms with Crippen molar-refractivity contribution in [1.29, 1.82) is 5.26 Å². The first kappa shape index (κ1) is 14.3. The van der Waals surface area contributed by atoms with Gasteiger partial charge >= 0.3 is 0 Å². The summed E-state index contributed by atoms with van der Waals surface area (Å²) in [5.41, 5.74) is 1.31. The molecule has 0 saturated carbocycles. The fourth-order valence-electron chi connectivity index (χ4n) is 1.84. The fraction of sp³-hybridized carbons (Fsp3) is 0.143. The van der Waals surface area contributed by atoms with Gasteiger partial charge in [0.25, 0.3) is 5.69 Å². The number of benzene rings is 1. The van der Waals surface area contributed by atoms with Crippen LogP contribution < -0.4 is 10.1 Å². The molecule has 1 heterocycles. The molecule has 0 atom stereocenters. The fourth-order valence-corrected chi connectivity index (χ4v) is 1.84. The van der Waals surface area contributed by atoms with Crippen LogP contribution in [0.3, 0.4) is 0 Å². The Bertz CT molecular complexity index is 710. The first-order valence-corrected chi connectivity index (χ1v) is 6.06. The molecule has 0 bridgehead atoms. The molecule has 7 heteroatoms. The number of hydrogen-bond acceptors (Lipinski definition) is 6. The van der Waals surface area contributed by atoms with Crippen molar-refractivity contribution >= 4 is 11.4 Å². The largest absolute Gasteiger partial charge is 0.481 e. The second-order valence-electron chi connectivity index (χ2n) is 4.13. The summed E-state index contributed by atoms with van der Waals surface area (Å²) in [7, 11) is 1.50. The third-order valence-corrected chi connectivity index (χ3v) is 2.83. The van der Waals surface area contributed by atoms with E-state index in [1.165, 1.54) is 25.3 Å². The van der Waals surface area contributed by atoms with Crippen LogP contribution in [0, 0.1) is 21.4 Å². The van der Waals surface area contributed by atoms with E-state index in [1.54, 1.807) is 18.3 Å². The number of nitro groups is 1. The van der Waals surface area contributed by atoms with Crippen LogP contribution in [0.1, 0.15) is 11.1 Å². The third-order valence-electron chi connectivity index (χ3n) is 2.83. The van der Waals surface area contributed by atoms with Gasteiger partial charge in [-0.25, -0.2) is 4.98 Å². The van der Waals surface area contributed by atoms with Crippen molar-refractivity contribution in [2.24, 2.45) is 0 Å². The zero-order valence-corrected chi connectivity index (χ0v) is 11.2. The second kappa shape index (κ2) is 6.34. The molecule has 0 amide bonds. The summed E-state index contributed by atoms with van der Waals surface area (Å²) in [4.78, 5) is 14.6. The van der Waals surface area contributed by atoms with Crippen molar-refractivity contribution in [1.82, 2.24) is 4.98 Å². The minimum atomic E-state index is -0.496. The molecule has 2 aromatic rings. The maximum atomic E-state index is 11.0. The molecule has 1 aromatic heterocycles. The molecule has 0 saturated heterocycles. The van der Waals surface area contributed by atoms with Crippen molar-refractivity contribution in [3.63, 3.8) is 0 Å². The zero-order valence-electron chi connectivity index (χ0n) is 11.2. The maximum absolute atomic E-state index is 11.0. The molecule has 1 N–H and O–H groups in total. The number of methoxy groups -OCH3 is 1. The number of nitriles is 1. The number of nitrogens with zero attached hydrogens (tertiary/aromatic N) is 3. The van der Waals surface area contributed by atoms with E-state index in [9.17, 15) is 10.1 Å². The van der Waals surface area contributed by atoms with Gasteiger partial charge in [0, 0.05) is 24.4 Å². The van der Waals surface area contributed by atoms with E-state index in [-0.39, 0.29) is 11.4 Å². The Morgan fingerprint density at radius 3 is 2.95 bits per heavy atom. The highest BCUT2D eigenvalue weighted by Gasteiger charge is 2.14. The topological polar surface area (TPSA) is 101 Å². The summed E-state index contributed by atoms with van der Waals surface area (Å²) < 4.78 is 5.12. The van der Waals surface area contributed by atoms with Crippen LogP contribution in [0.4, 0.5) is 11.4 Å². The highest BCUT2D eigenvalue weighted by molar-refractivity contribution is 5.64. The van der Waals surface area contributed by atoms with Gasteiger partial charge in [-0.3, -0.25) is 10.1 Å². The van der Waals surface area contributed by atoms with Crippen LogP contribution in [0.2, 0.25) is 0 Å². The minimum absolute atomic E-state index is 0.0862. The van der Waals surface area contributed by atoms with Crippen molar-refractivity contribution < 1.29 is 9.66 Å². The first-order chi connectivity index (χ1) is 10.2. The Morgan fingerprint density at radius 2 is 2.29 bits per heavy atom. The second-order valence-corrected chi connectivity index (χ2v) is 4.13. The lowest BCUT2D eigenvalue weighted by molar-refractivity contribution is -0.384. The van der Waals surface area contributed by atoms with Crippen molar-refractivity contribution in [3.8, 4) is 11.9 Å². The quantitative estimate of drug-likeness (QED) is 0.668. The normalized spacial score (nSPS) is 9.71. The lowest BCUT2D eigenvalue weighted by Crippen LogP contribution is -2.05. The lowest BCUT2D eigenvalue weighted by atomic mass is 10.1. The van der Waals surface area contributed by atoms with Gasteiger partial charge in [0.1, 0.15) is 5.69 Å². The van der Waals surface area contributed by atoms with Gasteiger partial charge in [0.2, 0.25) is 5.88 Å². The summed E-state index contributed by atoms with van der Waals surface area (Å²) in [5, 5.41) is 22.8. The van der Waals surface area contributed by atoms with Crippen LogP contribution in [0.25, 0.3) is 0 Å². The number of hydrogen-bond donors (Lipinski definition) is 1. The Kier molecular flexibility index (Phi) is 4.31. The molecule has 0 aliphatic heterocycles.